The summed E-state index contributed by atoms with van der Waals surface area (Å²) in [5.41, 5.74) is 1.80. The van der Waals surface area contributed by atoms with Crippen molar-refractivity contribution in [2.24, 2.45) is 0 Å². The molecule has 0 N–H and O–H groups in total. The van der Waals surface area contributed by atoms with Crippen LogP contribution in [0.1, 0.15) is 11.1 Å². The lowest BCUT2D eigenvalue weighted by Gasteiger charge is -2.51. The van der Waals surface area contributed by atoms with E-state index in [2.05, 4.69) is 13.2 Å². The maximum atomic E-state index is 14.2. The average Bonchev–Trinajstić information content (AvgIpc) is 3.28. The summed E-state index contributed by atoms with van der Waals surface area (Å²) in [6.45, 7) is 7.83. The third-order valence-electron chi connectivity index (χ3n) is 5.62. The maximum absolute atomic E-state index is 14.2. The molecule has 2 aromatic rings. The SMILES string of the molecule is C=CCS[C@]12SC(=O)[C@](c3ccccc3)(S1)[C@@]1(c3ccccc3)S[C@]2(SCC=C)SC1=O. The van der Waals surface area contributed by atoms with Crippen LogP contribution in [0.2, 0.25) is 0 Å². The van der Waals surface area contributed by atoms with Gasteiger partial charge >= 0.3 is 0 Å². The van der Waals surface area contributed by atoms with Crippen LogP contribution < -0.4 is 0 Å². The van der Waals surface area contributed by atoms with Gasteiger partial charge in [0.05, 0.1) is 0 Å². The summed E-state index contributed by atoms with van der Waals surface area (Å²) in [7, 11) is 0. The molecule has 4 bridgehead atoms. The predicted octanol–water partition coefficient (Wildman–Crippen LogP) is 6.95. The summed E-state index contributed by atoms with van der Waals surface area (Å²) in [6.07, 6.45) is 3.76. The molecule has 2 nitrogen and oxygen atoms in total. The lowest BCUT2D eigenvalue weighted by atomic mass is 9.80. The van der Waals surface area contributed by atoms with Crippen molar-refractivity contribution in [1.82, 2.24) is 0 Å². The van der Waals surface area contributed by atoms with E-state index in [1.165, 1.54) is 23.5 Å². The number of carbonyl (C=O) groups excluding carboxylic acids is 2. The molecular weight excluding hydrogens is 513 g/mol. The van der Waals surface area contributed by atoms with Crippen LogP contribution in [0, 0.1) is 0 Å². The Hall–Kier alpha value is -0.640. The van der Waals surface area contributed by atoms with Gasteiger partial charge in [0, 0.05) is 11.5 Å². The molecule has 2 aromatic carbocycles. The first-order chi connectivity index (χ1) is 15.5. The molecule has 5 rings (SSSR count). The number of fused-ring (bicyclic) bond motifs is 6. The van der Waals surface area contributed by atoms with Gasteiger partial charge in [0.15, 0.2) is 0 Å². The summed E-state index contributed by atoms with van der Waals surface area (Å²) in [4.78, 5) is 28.4. The molecule has 3 aliphatic rings. The Morgan fingerprint density at radius 2 is 1.06 bits per heavy atom. The minimum atomic E-state index is -1.00. The molecule has 0 aromatic heterocycles. The molecule has 8 heteroatoms. The van der Waals surface area contributed by atoms with Gasteiger partial charge in [-0.15, -0.1) is 60.2 Å². The van der Waals surface area contributed by atoms with Crippen molar-refractivity contribution < 1.29 is 9.59 Å². The maximum Gasteiger partial charge on any atom is 0.214 e. The lowest BCUT2D eigenvalue weighted by Crippen LogP contribution is -2.53. The normalized spacial score (nSPS) is 35.1. The van der Waals surface area contributed by atoms with Crippen molar-refractivity contribution in [2.75, 3.05) is 11.5 Å². The van der Waals surface area contributed by atoms with Crippen LogP contribution in [0.15, 0.2) is 86.0 Å². The van der Waals surface area contributed by atoms with E-state index >= 15 is 0 Å². The Bertz CT molecular complexity index is 1000. The Morgan fingerprint density at radius 1 is 0.688 bits per heavy atom. The van der Waals surface area contributed by atoms with Gasteiger partial charge in [-0.05, 0) is 11.1 Å². The molecule has 3 fully saturated rings. The van der Waals surface area contributed by atoms with E-state index in [9.17, 15) is 9.59 Å². The van der Waals surface area contributed by atoms with Gasteiger partial charge in [0.25, 0.3) is 0 Å². The van der Waals surface area contributed by atoms with Gasteiger partial charge in [0.1, 0.15) is 16.3 Å². The van der Waals surface area contributed by atoms with Crippen LogP contribution in [-0.4, -0.2) is 28.6 Å². The Balaban J connectivity index is 1.82. The Labute approximate surface area is 214 Å². The highest BCUT2D eigenvalue weighted by molar-refractivity contribution is 8.52. The molecule has 32 heavy (non-hydrogen) atoms. The number of hydrogen-bond acceptors (Lipinski definition) is 8. The van der Waals surface area contributed by atoms with Crippen molar-refractivity contribution in [3.8, 4) is 0 Å². The van der Waals surface area contributed by atoms with Gasteiger partial charge in [-0.25, -0.2) is 0 Å². The van der Waals surface area contributed by atoms with Gasteiger partial charge < -0.3 is 0 Å². The average molecular weight is 533 g/mol. The minimum Gasteiger partial charge on any atom is -0.285 e. The summed E-state index contributed by atoms with van der Waals surface area (Å²) < 4.78 is -3.06. The Morgan fingerprint density at radius 3 is 1.41 bits per heavy atom. The predicted molar refractivity (Wildman–Crippen MR) is 147 cm³/mol. The van der Waals surface area contributed by atoms with E-state index in [0.29, 0.717) is 11.5 Å². The van der Waals surface area contributed by atoms with Crippen LogP contribution in [0.4, 0.5) is 0 Å². The third kappa shape index (κ3) is 2.96. The first-order valence-electron chi connectivity index (χ1n) is 9.98. The lowest BCUT2D eigenvalue weighted by molar-refractivity contribution is -0.120. The molecule has 0 radical (unpaired) electrons. The van der Waals surface area contributed by atoms with Gasteiger partial charge in [-0.1, -0.05) is 96.3 Å². The van der Waals surface area contributed by atoms with E-state index in [1.54, 1.807) is 47.0 Å². The van der Waals surface area contributed by atoms with Crippen molar-refractivity contribution in [3.63, 3.8) is 0 Å². The number of rotatable bonds is 8. The second kappa shape index (κ2) is 8.54. The largest absolute Gasteiger partial charge is 0.285 e. The van der Waals surface area contributed by atoms with Gasteiger partial charge in [-0.2, -0.15) is 0 Å². The summed E-state index contributed by atoms with van der Waals surface area (Å²) in [6, 6.07) is 19.8. The molecule has 0 saturated carbocycles. The van der Waals surface area contributed by atoms with E-state index in [1.807, 2.05) is 72.8 Å². The van der Waals surface area contributed by atoms with E-state index in [-0.39, 0.29) is 10.2 Å². The number of thioether (sulfide) groups is 6. The van der Waals surface area contributed by atoms with E-state index in [4.69, 9.17) is 0 Å². The number of benzene rings is 2. The molecule has 164 valence electrons. The summed E-state index contributed by atoms with van der Waals surface area (Å²) in [5.74, 6) is 1.42. The van der Waals surface area contributed by atoms with Crippen LogP contribution in [-0.2, 0) is 19.1 Å². The minimum absolute atomic E-state index is 0.0661. The topological polar surface area (TPSA) is 34.1 Å². The summed E-state index contributed by atoms with van der Waals surface area (Å²) in [5, 5.41) is 0.132. The number of hydrogen-bond donors (Lipinski definition) is 0. The van der Waals surface area contributed by atoms with Crippen LogP contribution in [0.3, 0.4) is 0 Å². The summed E-state index contributed by atoms with van der Waals surface area (Å²) >= 11 is 9.65. The highest BCUT2D eigenvalue weighted by atomic mass is 32.3. The fourth-order valence-electron chi connectivity index (χ4n) is 4.33. The first kappa shape index (κ1) is 23.1. The fraction of sp³-hybridized carbons (Fsp3) is 0.250. The second-order valence-electron chi connectivity index (χ2n) is 7.39. The zero-order valence-corrected chi connectivity index (χ0v) is 21.9. The smallest absolute Gasteiger partial charge is 0.214 e. The van der Waals surface area contributed by atoms with Crippen molar-refractivity contribution in [1.29, 1.82) is 0 Å². The Kier molecular flexibility index (Phi) is 6.17. The number of carbonyl (C=O) groups is 2. The highest BCUT2D eigenvalue weighted by Crippen LogP contribution is 2.89. The molecule has 3 heterocycles. The molecule has 4 atom stereocenters. The van der Waals surface area contributed by atoms with Crippen molar-refractivity contribution in [2.45, 2.75) is 16.3 Å². The zero-order valence-electron chi connectivity index (χ0n) is 17.0. The second-order valence-corrected chi connectivity index (χ2v) is 16.6. The monoisotopic (exact) mass is 532 g/mol. The molecule has 3 aliphatic heterocycles. The molecular formula is C24H20O2S6. The molecule has 0 aliphatic carbocycles. The molecule has 0 unspecified atom stereocenters. The van der Waals surface area contributed by atoms with Crippen molar-refractivity contribution >= 4 is 80.8 Å². The van der Waals surface area contributed by atoms with Crippen LogP contribution in [0.5, 0.6) is 0 Å². The van der Waals surface area contributed by atoms with E-state index in [0.717, 1.165) is 11.1 Å². The fourth-order valence-corrected chi connectivity index (χ4v) is 17.3. The molecule has 3 saturated heterocycles. The van der Waals surface area contributed by atoms with Gasteiger partial charge in [-0.3, -0.25) is 9.59 Å². The standard InChI is InChI=1S/C24H20O2S6/c1-3-15-27-23-24(28-16-4-2)30-20(26)22(32-24,18-13-9-6-10-14-18)21(31-23,19(25)29-23)17-11-7-5-8-12-17/h3-14H,1-2,15-16H2/t21-,22-,23+,24+/m0/s1. The van der Waals surface area contributed by atoms with Crippen molar-refractivity contribution in [3.05, 3.63) is 97.1 Å². The van der Waals surface area contributed by atoms with E-state index < -0.39 is 16.3 Å². The van der Waals surface area contributed by atoms with Gasteiger partial charge in [0.2, 0.25) is 10.2 Å². The molecule has 0 spiro atoms. The molecule has 0 amide bonds. The highest BCUT2D eigenvalue weighted by Gasteiger charge is 2.85. The van der Waals surface area contributed by atoms with Crippen LogP contribution in [0.25, 0.3) is 0 Å². The first-order valence-corrected chi connectivity index (χ1v) is 15.2. The third-order valence-corrected chi connectivity index (χ3v) is 18.1. The zero-order chi connectivity index (χ0) is 22.5. The quantitative estimate of drug-likeness (QED) is 0.338. The van der Waals surface area contributed by atoms with Crippen LogP contribution >= 0.6 is 70.6 Å².